The summed E-state index contributed by atoms with van der Waals surface area (Å²) in [4.78, 5) is 36.3. The summed E-state index contributed by atoms with van der Waals surface area (Å²) in [6.45, 7) is 0. The number of halogens is 9. The number of benzene rings is 2. The highest BCUT2D eigenvalue weighted by molar-refractivity contribution is 6.67. The molecule has 0 spiro atoms. The van der Waals surface area contributed by atoms with Crippen LogP contribution in [-0.2, 0) is 15.8 Å². The molecule has 1 N–H and O–H groups in total. The predicted octanol–water partition coefficient (Wildman–Crippen LogP) is 6.91. The smallest absolute Gasteiger partial charge is 0.321 e. The van der Waals surface area contributed by atoms with E-state index in [1.54, 1.807) is 0 Å². The highest BCUT2D eigenvalue weighted by Gasteiger charge is 2.87. The number of carbonyl (C=O) groups excluding carboxylic acids is 3. The van der Waals surface area contributed by atoms with Gasteiger partial charge >= 0.3 is 6.18 Å². The molecule has 3 aliphatic rings. The third kappa shape index (κ3) is 3.36. The number of hydrogen-bond acceptors (Lipinski definition) is 3. The normalized spacial score (nSPS) is 30.2. The van der Waals surface area contributed by atoms with E-state index in [1.165, 1.54) is 36.4 Å². The molecule has 2 aromatic carbocycles. The van der Waals surface area contributed by atoms with Crippen molar-refractivity contribution in [3.05, 3.63) is 69.7 Å². The van der Waals surface area contributed by atoms with Crippen molar-refractivity contribution in [2.75, 3.05) is 10.2 Å². The Kier molecular flexibility index (Phi) is 6.11. The van der Waals surface area contributed by atoms with Gasteiger partial charge in [0.15, 0.2) is 4.33 Å². The monoisotopic (exact) mass is 630 g/mol. The van der Waals surface area contributed by atoms with Gasteiger partial charge in [-0.2, -0.15) is 13.2 Å². The molecule has 1 saturated heterocycles. The molecule has 3 amide bonds. The summed E-state index contributed by atoms with van der Waals surface area (Å²) in [5, 5.41) is 1.75. The van der Waals surface area contributed by atoms with Crippen LogP contribution in [0.1, 0.15) is 15.9 Å². The number of amides is 3. The van der Waals surface area contributed by atoms with Crippen molar-refractivity contribution in [1.82, 2.24) is 0 Å². The first-order chi connectivity index (χ1) is 17.1. The number of nitrogens with one attached hydrogen (secondary N) is 1. The average Bonchev–Trinajstić information content (AvgIpc) is 3.22. The molecule has 1 heterocycles. The summed E-state index contributed by atoms with van der Waals surface area (Å²) in [6.07, 6.45) is -4.68. The summed E-state index contributed by atoms with van der Waals surface area (Å²) >= 11 is 38.8. The van der Waals surface area contributed by atoms with Crippen LogP contribution in [0.4, 0.5) is 24.5 Å². The Balaban J connectivity index is 1.43. The molecular weight excluding hydrogens is 622 g/mol. The van der Waals surface area contributed by atoms with Gasteiger partial charge in [0, 0.05) is 5.56 Å². The predicted molar refractivity (Wildman–Crippen MR) is 136 cm³/mol. The van der Waals surface area contributed by atoms with Gasteiger partial charge in [-0.25, -0.2) is 4.90 Å². The van der Waals surface area contributed by atoms with Crippen LogP contribution in [0, 0.1) is 11.8 Å². The van der Waals surface area contributed by atoms with Gasteiger partial charge in [-0.1, -0.05) is 58.5 Å². The van der Waals surface area contributed by atoms with Crippen LogP contribution in [0.5, 0.6) is 0 Å². The van der Waals surface area contributed by atoms with Gasteiger partial charge in [0.05, 0.1) is 38.8 Å². The molecule has 0 radical (unpaired) electrons. The maximum Gasteiger partial charge on any atom is 0.418 e. The maximum absolute atomic E-state index is 13.4. The number of hydrogen-bond donors (Lipinski definition) is 1. The van der Waals surface area contributed by atoms with Crippen molar-refractivity contribution >= 4 is 98.7 Å². The Morgan fingerprint density at radius 2 is 1.32 bits per heavy atom. The van der Waals surface area contributed by atoms with E-state index in [2.05, 4.69) is 5.32 Å². The molecule has 2 aliphatic carbocycles. The molecule has 5 rings (SSSR count). The molecule has 0 aromatic heterocycles. The Labute approximate surface area is 237 Å². The highest BCUT2D eigenvalue weighted by atomic mass is 35.5. The Morgan fingerprint density at radius 3 is 1.81 bits per heavy atom. The number of carbonyl (C=O) groups is 3. The van der Waals surface area contributed by atoms with E-state index in [9.17, 15) is 27.6 Å². The first kappa shape index (κ1) is 26.9. The second kappa shape index (κ2) is 8.41. The fourth-order valence-electron chi connectivity index (χ4n) is 5.05. The van der Waals surface area contributed by atoms with E-state index in [1.807, 2.05) is 0 Å². The van der Waals surface area contributed by atoms with Crippen LogP contribution < -0.4 is 10.2 Å². The molecule has 0 unspecified atom stereocenters. The number of imide groups is 1. The van der Waals surface area contributed by atoms with Gasteiger partial charge < -0.3 is 5.32 Å². The molecule has 37 heavy (non-hydrogen) atoms. The lowest BCUT2D eigenvalue weighted by atomic mass is 9.84. The van der Waals surface area contributed by atoms with Gasteiger partial charge in [0.2, 0.25) is 11.8 Å². The minimum absolute atomic E-state index is 0.0315. The minimum Gasteiger partial charge on any atom is -0.321 e. The second-order valence-corrected chi connectivity index (χ2v) is 11.9. The first-order valence-corrected chi connectivity index (χ1v) is 12.6. The van der Waals surface area contributed by atoms with Gasteiger partial charge in [-0.3, -0.25) is 14.4 Å². The largest absolute Gasteiger partial charge is 0.418 e. The van der Waals surface area contributed by atoms with Crippen molar-refractivity contribution < 1.29 is 27.6 Å². The molecule has 1 saturated carbocycles. The van der Waals surface area contributed by atoms with Crippen molar-refractivity contribution in [1.29, 1.82) is 0 Å². The molecule has 2 aromatic rings. The van der Waals surface area contributed by atoms with Crippen molar-refractivity contribution in [2.45, 2.75) is 20.3 Å². The second-order valence-electron chi connectivity index (χ2n) is 8.64. The fourth-order valence-corrected chi connectivity index (χ4v) is 7.97. The Hall–Kier alpha value is -1.68. The zero-order chi connectivity index (χ0) is 27.3. The summed E-state index contributed by atoms with van der Waals surface area (Å²) in [5.41, 5.74) is -1.42. The molecule has 2 bridgehead atoms. The Bertz CT molecular complexity index is 1370. The van der Waals surface area contributed by atoms with Gasteiger partial charge in [0.25, 0.3) is 5.91 Å². The van der Waals surface area contributed by atoms with Crippen LogP contribution in [0.15, 0.2) is 58.6 Å². The van der Waals surface area contributed by atoms with E-state index in [-0.39, 0.29) is 21.3 Å². The number of para-hydroxylation sites is 1. The van der Waals surface area contributed by atoms with Crippen LogP contribution in [0.25, 0.3) is 0 Å². The zero-order valence-corrected chi connectivity index (χ0v) is 22.4. The standard InChI is InChI=1S/C23H11Cl6F3N2O3/c24-15-16(25)21(27)14-13(20(15,26)23(21,28)29)18(36)34(19(14)37)10-7-5-9(6-8-10)17(35)33-12-4-2-1-3-11(12)22(30,31)32/h1-8,13-14H,(H,33,35)/t13-,14-,20+,21+/m0/s1. The third-order valence-corrected chi connectivity index (χ3v) is 11.0. The lowest BCUT2D eigenvalue weighted by molar-refractivity contribution is -0.137. The number of anilines is 2. The summed E-state index contributed by atoms with van der Waals surface area (Å²) in [7, 11) is 0. The average molecular weight is 633 g/mol. The quantitative estimate of drug-likeness (QED) is 0.296. The van der Waals surface area contributed by atoms with Gasteiger partial charge in [-0.15, -0.1) is 23.2 Å². The van der Waals surface area contributed by atoms with E-state index in [0.717, 1.165) is 17.0 Å². The maximum atomic E-state index is 13.4. The highest BCUT2D eigenvalue weighted by Crippen LogP contribution is 2.77. The summed E-state index contributed by atoms with van der Waals surface area (Å²) in [6, 6.07) is 9.52. The lowest BCUT2D eigenvalue weighted by Crippen LogP contribution is -2.50. The molecule has 194 valence electrons. The number of rotatable bonds is 3. The number of allylic oxidation sites excluding steroid dienone is 2. The zero-order valence-electron chi connectivity index (χ0n) is 17.8. The number of fused-ring (bicyclic) bond motifs is 5. The van der Waals surface area contributed by atoms with E-state index in [4.69, 9.17) is 69.6 Å². The number of alkyl halides is 7. The number of nitrogens with zero attached hydrogens (tertiary/aromatic N) is 1. The van der Waals surface area contributed by atoms with Crippen LogP contribution in [0.2, 0.25) is 0 Å². The van der Waals surface area contributed by atoms with E-state index < -0.39 is 61.1 Å². The third-order valence-electron chi connectivity index (χ3n) is 6.78. The van der Waals surface area contributed by atoms with Crippen molar-refractivity contribution in [3.63, 3.8) is 0 Å². The molecular formula is C23H11Cl6F3N2O3. The van der Waals surface area contributed by atoms with E-state index >= 15 is 0 Å². The van der Waals surface area contributed by atoms with Crippen molar-refractivity contribution in [2.24, 2.45) is 11.8 Å². The summed E-state index contributed by atoms with van der Waals surface area (Å²) in [5.74, 6) is -5.06. The van der Waals surface area contributed by atoms with Gasteiger partial charge in [0.1, 0.15) is 9.75 Å². The molecule has 5 nitrogen and oxygen atoms in total. The minimum atomic E-state index is -4.68. The van der Waals surface area contributed by atoms with Crippen molar-refractivity contribution in [3.8, 4) is 0 Å². The molecule has 14 heteroatoms. The molecule has 4 atom stereocenters. The van der Waals surface area contributed by atoms with Crippen LogP contribution >= 0.6 is 69.6 Å². The molecule has 2 fully saturated rings. The SMILES string of the molecule is O=C(Nc1ccccc1C(F)(F)F)c1ccc(N2C(=O)[C@@H]3[C@@H](C2=O)[C@@]2(Cl)C(Cl)=C(Cl)[C@@]3(Cl)C2(Cl)Cl)cc1. The van der Waals surface area contributed by atoms with E-state index in [0.29, 0.717) is 0 Å². The van der Waals surface area contributed by atoms with Gasteiger partial charge in [-0.05, 0) is 36.4 Å². The Morgan fingerprint density at radius 1 is 0.838 bits per heavy atom. The fraction of sp³-hybridized carbons (Fsp3) is 0.261. The van der Waals surface area contributed by atoms with Crippen LogP contribution in [-0.4, -0.2) is 31.8 Å². The summed E-state index contributed by atoms with van der Waals surface area (Å²) < 4.78 is 37.6. The lowest BCUT2D eigenvalue weighted by Gasteiger charge is -2.34. The topological polar surface area (TPSA) is 66.5 Å². The first-order valence-electron chi connectivity index (χ1n) is 10.4. The van der Waals surface area contributed by atoms with Crippen LogP contribution in [0.3, 0.4) is 0 Å². The molecule has 1 aliphatic heterocycles.